The fraction of sp³-hybridized carbons (Fsp3) is 0.133. The van der Waals surface area contributed by atoms with Gasteiger partial charge in [-0.15, -0.1) is 0 Å². The van der Waals surface area contributed by atoms with Crippen molar-refractivity contribution in [3.63, 3.8) is 0 Å². The summed E-state index contributed by atoms with van der Waals surface area (Å²) in [4.78, 5) is 13.8. The molecule has 0 unspecified atom stereocenters. The first-order chi connectivity index (χ1) is 8.66. The van der Waals surface area contributed by atoms with Gasteiger partial charge in [-0.05, 0) is 52.4 Å². The summed E-state index contributed by atoms with van der Waals surface area (Å²) in [6.07, 6.45) is 0.433. The first kappa shape index (κ1) is 13.1. The number of halogens is 1. The molecule has 2 aromatic carbocycles. The molecule has 3 heteroatoms. The summed E-state index contributed by atoms with van der Waals surface area (Å²) < 4.78 is 1.15. The third-order valence-corrected chi connectivity index (χ3v) is 3.43. The first-order valence-electron chi connectivity index (χ1n) is 5.73. The highest BCUT2D eigenvalue weighted by atomic mass is 127. The summed E-state index contributed by atoms with van der Waals surface area (Å²) in [6, 6.07) is 17.7. The Labute approximate surface area is 121 Å². The Balaban J connectivity index is 2.09. The van der Waals surface area contributed by atoms with Crippen molar-refractivity contribution in [1.29, 1.82) is 0 Å². The second kappa shape index (κ2) is 6.00. The number of amides is 1. The number of carbonyl (C=O) groups is 1. The lowest BCUT2D eigenvalue weighted by Crippen LogP contribution is -2.27. The van der Waals surface area contributed by atoms with Crippen LogP contribution in [0, 0.1) is 3.57 Å². The van der Waals surface area contributed by atoms with Gasteiger partial charge in [0.15, 0.2) is 0 Å². The van der Waals surface area contributed by atoms with Crippen LogP contribution in [0.4, 0.5) is 5.69 Å². The van der Waals surface area contributed by atoms with Crippen LogP contribution in [0.5, 0.6) is 0 Å². The molecule has 2 nitrogen and oxygen atoms in total. The summed E-state index contributed by atoms with van der Waals surface area (Å²) in [7, 11) is 1.81. The lowest BCUT2D eigenvalue weighted by molar-refractivity contribution is -0.117. The van der Waals surface area contributed by atoms with Gasteiger partial charge in [0.2, 0.25) is 5.91 Å². The van der Waals surface area contributed by atoms with E-state index in [0.717, 1.165) is 14.8 Å². The van der Waals surface area contributed by atoms with Crippen molar-refractivity contribution in [2.45, 2.75) is 6.42 Å². The highest BCUT2D eigenvalue weighted by Gasteiger charge is 2.11. The van der Waals surface area contributed by atoms with Crippen molar-refractivity contribution < 1.29 is 4.79 Å². The van der Waals surface area contributed by atoms with E-state index in [1.807, 2.05) is 61.6 Å². The molecule has 0 aliphatic heterocycles. The minimum Gasteiger partial charge on any atom is -0.315 e. The van der Waals surface area contributed by atoms with E-state index in [1.165, 1.54) is 0 Å². The Morgan fingerprint density at radius 3 is 2.50 bits per heavy atom. The summed E-state index contributed by atoms with van der Waals surface area (Å²) >= 11 is 2.26. The summed E-state index contributed by atoms with van der Waals surface area (Å²) in [6.45, 7) is 0. The summed E-state index contributed by atoms with van der Waals surface area (Å²) in [5, 5.41) is 0. The van der Waals surface area contributed by atoms with Crippen LogP contribution in [0.1, 0.15) is 5.56 Å². The zero-order valence-corrected chi connectivity index (χ0v) is 12.3. The maximum Gasteiger partial charge on any atom is 0.231 e. The molecule has 1 amide bonds. The second-order valence-corrected chi connectivity index (χ2v) is 5.34. The highest BCUT2D eigenvalue weighted by Crippen LogP contribution is 2.14. The van der Waals surface area contributed by atoms with Gasteiger partial charge in [-0.25, -0.2) is 0 Å². The van der Waals surface area contributed by atoms with Crippen LogP contribution in [-0.2, 0) is 11.2 Å². The molecular formula is C15H14INO. The molecule has 2 rings (SSSR count). The highest BCUT2D eigenvalue weighted by molar-refractivity contribution is 14.1. The maximum absolute atomic E-state index is 12.1. The molecule has 0 spiro atoms. The predicted molar refractivity (Wildman–Crippen MR) is 82.7 cm³/mol. The van der Waals surface area contributed by atoms with Crippen LogP contribution in [0.2, 0.25) is 0 Å². The molecule has 0 saturated heterocycles. The molecule has 0 fully saturated rings. The van der Waals surface area contributed by atoms with Crippen LogP contribution in [0.3, 0.4) is 0 Å². The van der Waals surface area contributed by atoms with Crippen LogP contribution in [0.15, 0.2) is 54.6 Å². The van der Waals surface area contributed by atoms with E-state index in [0.29, 0.717) is 6.42 Å². The molecule has 0 bridgehead atoms. The fourth-order valence-electron chi connectivity index (χ4n) is 1.74. The van der Waals surface area contributed by atoms with Gasteiger partial charge >= 0.3 is 0 Å². The standard InChI is InChI=1S/C15H14INO/c1-17(14-8-3-2-4-9-14)15(18)11-12-6-5-7-13(16)10-12/h2-10H,11H2,1H3. The lowest BCUT2D eigenvalue weighted by Gasteiger charge is -2.17. The number of anilines is 1. The van der Waals surface area contributed by atoms with Crippen LogP contribution >= 0.6 is 22.6 Å². The maximum atomic E-state index is 12.1. The van der Waals surface area contributed by atoms with E-state index in [4.69, 9.17) is 0 Å². The van der Waals surface area contributed by atoms with Gasteiger partial charge in [0.25, 0.3) is 0 Å². The average Bonchev–Trinajstić information content (AvgIpc) is 2.39. The zero-order valence-electron chi connectivity index (χ0n) is 10.1. The number of likely N-dealkylation sites (N-methyl/N-ethyl adjacent to an activating group) is 1. The SMILES string of the molecule is CN(C(=O)Cc1cccc(I)c1)c1ccccc1. The molecular weight excluding hydrogens is 337 g/mol. The number of benzene rings is 2. The van der Waals surface area contributed by atoms with Crippen LogP contribution in [-0.4, -0.2) is 13.0 Å². The van der Waals surface area contributed by atoms with E-state index < -0.39 is 0 Å². The van der Waals surface area contributed by atoms with Gasteiger partial charge < -0.3 is 4.90 Å². The fourth-order valence-corrected chi connectivity index (χ4v) is 2.34. The third-order valence-electron chi connectivity index (χ3n) is 2.76. The summed E-state index contributed by atoms with van der Waals surface area (Å²) in [5.74, 6) is 0.100. The molecule has 0 heterocycles. The first-order valence-corrected chi connectivity index (χ1v) is 6.81. The molecule has 0 saturated carbocycles. The van der Waals surface area contributed by atoms with Gasteiger partial charge in [-0.1, -0.05) is 30.3 Å². The molecule has 0 aliphatic rings. The molecule has 18 heavy (non-hydrogen) atoms. The minimum absolute atomic E-state index is 0.100. The van der Waals surface area contributed by atoms with E-state index >= 15 is 0 Å². The van der Waals surface area contributed by atoms with E-state index in [-0.39, 0.29) is 5.91 Å². The Bertz CT molecular complexity index is 539. The predicted octanol–water partition coefficient (Wildman–Crippen LogP) is 3.50. The minimum atomic E-state index is 0.100. The Morgan fingerprint density at radius 2 is 1.83 bits per heavy atom. The van der Waals surface area contributed by atoms with Gasteiger partial charge in [0.05, 0.1) is 6.42 Å². The van der Waals surface area contributed by atoms with Crippen molar-refractivity contribution in [3.8, 4) is 0 Å². The molecule has 92 valence electrons. The largest absolute Gasteiger partial charge is 0.315 e. The van der Waals surface area contributed by atoms with Crippen molar-refractivity contribution in [1.82, 2.24) is 0 Å². The number of rotatable bonds is 3. The zero-order chi connectivity index (χ0) is 13.0. The number of nitrogens with zero attached hydrogens (tertiary/aromatic N) is 1. The van der Waals surface area contributed by atoms with E-state index in [9.17, 15) is 4.79 Å². The molecule has 0 atom stereocenters. The molecule has 2 aromatic rings. The van der Waals surface area contributed by atoms with Gasteiger partial charge in [-0.3, -0.25) is 4.79 Å². The van der Waals surface area contributed by atoms with Crippen molar-refractivity contribution in [3.05, 3.63) is 63.7 Å². The Kier molecular flexibility index (Phi) is 4.36. The Morgan fingerprint density at radius 1 is 1.11 bits per heavy atom. The van der Waals surface area contributed by atoms with Gasteiger partial charge in [0.1, 0.15) is 0 Å². The van der Waals surface area contributed by atoms with Crippen molar-refractivity contribution in [2.24, 2.45) is 0 Å². The molecule has 0 N–H and O–H groups in total. The molecule has 0 aromatic heterocycles. The van der Waals surface area contributed by atoms with Crippen LogP contribution < -0.4 is 4.90 Å². The Hall–Kier alpha value is -1.36. The molecule has 0 radical (unpaired) electrons. The monoisotopic (exact) mass is 351 g/mol. The van der Waals surface area contributed by atoms with Gasteiger partial charge in [0, 0.05) is 16.3 Å². The average molecular weight is 351 g/mol. The lowest BCUT2D eigenvalue weighted by atomic mass is 10.1. The number of hydrogen-bond acceptors (Lipinski definition) is 1. The van der Waals surface area contributed by atoms with Gasteiger partial charge in [-0.2, -0.15) is 0 Å². The normalized spacial score (nSPS) is 10.1. The number of hydrogen-bond donors (Lipinski definition) is 0. The van der Waals surface area contributed by atoms with Crippen LogP contribution in [0.25, 0.3) is 0 Å². The topological polar surface area (TPSA) is 20.3 Å². The quantitative estimate of drug-likeness (QED) is 0.776. The second-order valence-electron chi connectivity index (χ2n) is 4.10. The van der Waals surface area contributed by atoms with Crippen molar-refractivity contribution in [2.75, 3.05) is 11.9 Å². The third kappa shape index (κ3) is 3.32. The van der Waals surface area contributed by atoms with Crippen molar-refractivity contribution >= 4 is 34.2 Å². The number of para-hydroxylation sites is 1. The number of carbonyl (C=O) groups excluding carboxylic acids is 1. The molecule has 0 aliphatic carbocycles. The van der Waals surface area contributed by atoms with E-state index in [2.05, 4.69) is 22.6 Å². The summed E-state index contributed by atoms with van der Waals surface area (Å²) in [5.41, 5.74) is 1.97. The van der Waals surface area contributed by atoms with E-state index in [1.54, 1.807) is 4.90 Å². The smallest absolute Gasteiger partial charge is 0.231 e.